The highest BCUT2D eigenvalue weighted by molar-refractivity contribution is 5.95. The fourth-order valence-corrected chi connectivity index (χ4v) is 2.87. The minimum Gasteiger partial charge on any atom is -0.370 e. The van der Waals surface area contributed by atoms with Crippen molar-refractivity contribution in [1.29, 1.82) is 0 Å². The first kappa shape index (κ1) is 18.6. The van der Waals surface area contributed by atoms with Crippen LogP contribution < -0.4 is 10.2 Å². The SMILES string of the molecule is Cc1c(C(=O)NCC(C)N(C)c2ccccc2)cnn1-c1ccc(F)cc1. The van der Waals surface area contributed by atoms with Gasteiger partial charge in [0.25, 0.3) is 5.91 Å². The summed E-state index contributed by atoms with van der Waals surface area (Å²) in [6, 6.07) is 16.2. The summed E-state index contributed by atoms with van der Waals surface area (Å²) in [4.78, 5) is 14.7. The molecule has 0 saturated heterocycles. The Morgan fingerprint density at radius 1 is 1.19 bits per heavy atom. The third kappa shape index (κ3) is 4.16. The van der Waals surface area contributed by atoms with Gasteiger partial charge in [-0.3, -0.25) is 4.79 Å². The fourth-order valence-electron chi connectivity index (χ4n) is 2.87. The topological polar surface area (TPSA) is 50.2 Å². The minimum absolute atomic E-state index is 0.129. The first-order valence-electron chi connectivity index (χ1n) is 8.84. The van der Waals surface area contributed by atoms with Crippen LogP contribution in [0.3, 0.4) is 0 Å². The molecule has 1 heterocycles. The lowest BCUT2D eigenvalue weighted by Crippen LogP contribution is -2.40. The smallest absolute Gasteiger partial charge is 0.254 e. The Kier molecular flexibility index (Phi) is 5.54. The number of hydrogen-bond acceptors (Lipinski definition) is 3. The summed E-state index contributed by atoms with van der Waals surface area (Å²) in [6.07, 6.45) is 1.54. The number of likely N-dealkylation sites (N-methyl/N-ethyl adjacent to an activating group) is 1. The summed E-state index contributed by atoms with van der Waals surface area (Å²) in [6.45, 7) is 4.39. The van der Waals surface area contributed by atoms with Crippen molar-refractivity contribution in [1.82, 2.24) is 15.1 Å². The normalized spacial score (nSPS) is 11.9. The molecule has 140 valence electrons. The number of carbonyl (C=O) groups is 1. The van der Waals surface area contributed by atoms with Crippen LogP contribution in [0.4, 0.5) is 10.1 Å². The van der Waals surface area contributed by atoms with E-state index in [1.807, 2.05) is 44.3 Å². The van der Waals surface area contributed by atoms with Crippen molar-refractivity contribution in [2.24, 2.45) is 0 Å². The van der Waals surface area contributed by atoms with Crippen LogP contribution in [0, 0.1) is 12.7 Å². The number of nitrogens with zero attached hydrogens (tertiary/aromatic N) is 3. The summed E-state index contributed by atoms with van der Waals surface area (Å²) in [5.74, 6) is -0.479. The van der Waals surface area contributed by atoms with Crippen LogP contribution in [0.1, 0.15) is 23.0 Å². The molecule has 0 saturated carbocycles. The van der Waals surface area contributed by atoms with Gasteiger partial charge in [0.05, 0.1) is 23.1 Å². The second kappa shape index (κ2) is 8.03. The van der Waals surface area contributed by atoms with Gasteiger partial charge < -0.3 is 10.2 Å². The van der Waals surface area contributed by atoms with E-state index in [4.69, 9.17) is 0 Å². The number of anilines is 1. The number of amides is 1. The first-order chi connectivity index (χ1) is 13.0. The van der Waals surface area contributed by atoms with E-state index in [0.717, 1.165) is 5.69 Å². The Morgan fingerprint density at radius 3 is 2.52 bits per heavy atom. The molecule has 0 aliphatic rings. The third-order valence-electron chi connectivity index (χ3n) is 4.71. The van der Waals surface area contributed by atoms with E-state index in [1.54, 1.807) is 23.0 Å². The average molecular weight is 366 g/mol. The molecule has 1 atom stereocenters. The molecule has 6 heteroatoms. The maximum atomic E-state index is 13.1. The molecule has 1 unspecified atom stereocenters. The summed E-state index contributed by atoms with van der Waals surface area (Å²) in [5.41, 5.74) is 3.03. The van der Waals surface area contributed by atoms with Gasteiger partial charge >= 0.3 is 0 Å². The number of hydrogen-bond donors (Lipinski definition) is 1. The van der Waals surface area contributed by atoms with Crippen molar-refractivity contribution in [3.8, 4) is 5.69 Å². The zero-order chi connectivity index (χ0) is 19.4. The van der Waals surface area contributed by atoms with Gasteiger partial charge in [0.15, 0.2) is 0 Å². The molecule has 0 aliphatic carbocycles. The molecule has 0 aliphatic heterocycles. The zero-order valence-electron chi connectivity index (χ0n) is 15.7. The lowest BCUT2D eigenvalue weighted by atomic mass is 10.2. The standard InChI is InChI=1S/C21H23FN4O/c1-15(25(3)18-7-5-4-6-8-18)13-23-21(27)20-14-24-26(16(20)2)19-11-9-17(22)10-12-19/h4-12,14-15H,13H2,1-3H3,(H,23,27). The maximum Gasteiger partial charge on any atom is 0.254 e. The number of aromatic nitrogens is 2. The van der Waals surface area contributed by atoms with Crippen molar-refractivity contribution in [2.75, 3.05) is 18.5 Å². The fraction of sp³-hybridized carbons (Fsp3) is 0.238. The molecule has 5 nitrogen and oxygen atoms in total. The number of nitrogens with one attached hydrogen (secondary N) is 1. The number of carbonyl (C=O) groups excluding carboxylic acids is 1. The molecule has 1 aromatic heterocycles. The number of halogens is 1. The molecule has 2 aromatic carbocycles. The molecule has 0 bridgehead atoms. The van der Waals surface area contributed by atoms with E-state index in [-0.39, 0.29) is 17.8 Å². The highest BCUT2D eigenvalue weighted by Gasteiger charge is 2.17. The number of rotatable bonds is 6. The van der Waals surface area contributed by atoms with E-state index in [0.29, 0.717) is 23.5 Å². The van der Waals surface area contributed by atoms with Gasteiger partial charge in [-0.15, -0.1) is 0 Å². The van der Waals surface area contributed by atoms with Crippen LogP contribution in [0.5, 0.6) is 0 Å². The van der Waals surface area contributed by atoms with Gasteiger partial charge in [0.2, 0.25) is 0 Å². The molecule has 0 radical (unpaired) electrons. The van der Waals surface area contributed by atoms with Crippen LogP contribution in [0.2, 0.25) is 0 Å². The van der Waals surface area contributed by atoms with Crippen LogP contribution in [0.25, 0.3) is 5.69 Å². The Hall–Kier alpha value is -3.15. The molecule has 1 N–H and O–H groups in total. The summed E-state index contributed by atoms with van der Waals surface area (Å²) < 4.78 is 14.7. The van der Waals surface area contributed by atoms with Crippen LogP contribution in [-0.4, -0.2) is 35.3 Å². The second-order valence-electron chi connectivity index (χ2n) is 6.54. The largest absolute Gasteiger partial charge is 0.370 e. The van der Waals surface area contributed by atoms with Gasteiger partial charge in [-0.2, -0.15) is 5.10 Å². The third-order valence-corrected chi connectivity index (χ3v) is 4.71. The van der Waals surface area contributed by atoms with Crippen LogP contribution >= 0.6 is 0 Å². The van der Waals surface area contributed by atoms with Gasteiger partial charge in [0.1, 0.15) is 5.82 Å². The monoisotopic (exact) mass is 366 g/mol. The first-order valence-corrected chi connectivity index (χ1v) is 8.84. The molecule has 0 fully saturated rings. The van der Waals surface area contributed by atoms with E-state index in [9.17, 15) is 9.18 Å². The van der Waals surface area contributed by atoms with Crippen LogP contribution in [0.15, 0.2) is 60.8 Å². The molecule has 1 amide bonds. The predicted octanol–water partition coefficient (Wildman–Crippen LogP) is 3.57. The van der Waals surface area contributed by atoms with Crippen molar-refractivity contribution < 1.29 is 9.18 Å². The van der Waals surface area contributed by atoms with Gasteiger partial charge in [-0.1, -0.05) is 18.2 Å². The lowest BCUT2D eigenvalue weighted by molar-refractivity contribution is 0.0951. The van der Waals surface area contributed by atoms with Crippen molar-refractivity contribution in [2.45, 2.75) is 19.9 Å². The zero-order valence-corrected chi connectivity index (χ0v) is 15.7. The quantitative estimate of drug-likeness (QED) is 0.726. The Morgan fingerprint density at radius 2 is 1.85 bits per heavy atom. The van der Waals surface area contributed by atoms with Crippen LogP contribution in [-0.2, 0) is 0 Å². The van der Waals surface area contributed by atoms with Crippen molar-refractivity contribution in [3.05, 3.63) is 77.9 Å². The summed E-state index contributed by atoms with van der Waals surface area (Å²) >= 11 is 0. The van der Waals surface area contributed by atoms with Crippen molar-refractivity contribution in [3.63, 3.8) is 0 Å². The Labute approximate surface area is 158 Å². The highest BCUT2D eigenvalue weighted by Crippen LogP contribution is 2.16. The van der Waals surface area contributed by atoms with E-state index >= 15 is 0 Å². The predicted molar refractivity (Wildman–Crippen MR) is 105 cm³/mol. The van der Waals surface area contributed by atoms with E-state index < -0.39 is 0 Å². The molecule has 3 aromatic rings. The summed E-state index contributed by atoms with van der Waals surface area (Å²) in [5, 5.41) is 7.24. The van der Waals surface area contributed by atoms with Crippen molar-refractivity contribution >= 4 is 11.6 Å². The average Bonchev–Trinajstić information content (AvgIpc) is 3.08. The van der Waals surface area contributed by atoms with E-state index in [1.165, 1.54) is 12.1 Å². The highest BCUT2D eigenvalue weighted by atomic mass is 19.1. The Balaban J connectivity index is 1.65. The molecule has 27 heavy (non-hydrogen) atoms. The Bertz CT molecular complexity index is 906. The molecule has 3 rings (SSSR count). The van der Waals surface area contributed by atoms with Gasteiger partial charge in [-0.25, -0.2) is 9.07 Å². The minimum atomic E-state index is -0.307. The molecular formula is C21H23FN4O. The molecule has 0 spiro atoms. The molecular weight excluding hydrogens is 343 g/mol. The maximum absolute atomic E-state index is 13.1. The summed E-state index contributed by atoms with van der Waals surface area (Å²) in [7, 11) is 2.00. The number of para-hydroxylation sites is 1. The second-order valence-corrected chi connectivity index (χ2v) is 6.54. The van der Waals surface area contributed by atoms with Gasteiger partial charge in [-0.05, 0) is 50.2 Å². The van der Waals surface area contributed by atoms with Gasteiger partial charge in [0, 0.05) is 25.3 Å². The number of benzene rings is 2. The lowest BCUT2D eigenvalue weighted by Gasteiger charge is -2.27. The van der Waals surface area contributed by atoms with E-state index in [2.05, 4.69) is 22.2 Å².